The fraction of sp³-hybridized carbons (Fsp3) is 0.538. The van der Waals surface area contributed by atoms with Gasteiger partial charge in [-0.15, -0.1) is 5.10 Å². The lowest BCUT2D eigenvalue weighted by Gasteiger charge is -2.16. The van der Waals surface area contributed by atoms with Crippen LogP contribution in [0.1, 0.15) is 48.4 Å². The molecule has 2 aromatic heterocycles. The number of carbonyl (C=O) groups is 1. The Hall–Kier alpha value is -1.76. The van der Waals surface area contributed by atoms with E-state index in [1.54, 1.807) is 12.4 Å². The highest BCUT2D eigenvalue weighted by atomic mass is 32.1. The molecule has 108 valence electrons. The van der Waals surface area contributed by atoms with Crippen molar-refractivity contribution in [2.75, 3.05) is 6.54 Å². The molecular weight excluding hydrogens is 274 g/mol. The predicted molar refractivity (Wildman–Crippen MR) is 77.9 cm³/mol. The monoisotopic (exact) mass is 293 g/mol. The molecular formula is C13H19N5OS. The van der Waals surface area contributed by atoms with E-state index < -0.39 is 0 Å². The minimum Gasteiger partial charge on any atom is -0.351 e. The Morgan fingerprint density at radius 2 is 2.25 bits per heavy atom. The number of aryl methyl sites for hydroxylation is 1. The number of nitrogens with one attached hydrogen (secondary N) is 2. The van der Waals surface area contributed by atoms with E-state index in [2.05, 4.69) is 24.9 Å². The fourth-order valence-electron chi connectivity index (χ4n) is 1.80. The Morgan fingerprint density at radius 1 is 1.45 bits per heavy atom. The van der Waals surface area contributed by atoms with Crippen molar-refractivity contribution >= 4 is 17.4 Å². The smallest absolute Gasteiger partial charge is 0.264 e. The van der Waals surface area contributed by atoms with Crippen molar-refractivity contribution in [1.82, 2.24) is 24.9 Å². The minimum atomic E-state index is -0.173. The zero-order valence-corrected chi connectivity index (χ0v) is 12.8. The van der Waals surface area contributed by atoms with Crippen LogP contribution < -0.4 is 5.32 Å². The second-order valence-corrected chi connectivity index (χ2v) is 6.35. The Labute approximate surface area is 122 Å². The quantitative estimate of drug-likeness (QED) is 0.825. The standard InChI is InChI=1S/C13H19N5OS/c1-13(2,3)11-10(20-18-17-11)12(19)16-6-4-5-9-14-7-8-15-9/h7-8H,4-6H2,1-3H3,(H,14,15)(H,16,19). The zero-order chi connectivity index (χ0) is 14.6. The van der Waals surface area contributed by atoms with E-state index in [1.807, 2.05) is 20.8 Å². The molecule has 0 aliphatic heterocycles. The lowest BCUT2D eigenvalue weighted by molar-refractivity contribution is 0.0955. The number of aromatic amines is 1. The third kappa shape index (κ3) is 3.63. The van der Waals surface area contributed by atoms with Gasteiger partial charge in [0.25, 0.3) is 5.91 Å². The van der Waals surface area contributed by atoms with Crippen LogP contribution in [0.4, 0.5) is 0 Å². The van der Waals surface area contributed by atoms with Gasteiger partial charge in [-0.3, -0.25) is 4.79 Å². The maximum atomic E-state index is 12.1. The number of hydrogen-bond acceptors (Lipinski definition) is 5. The maximum absolute atomic E-state index is 12.1. The van der Waals surface area contributed by atoms with Gasteiger partial charge in [-0.25, -0.2) is 4.98 Å². The summed E-state index contributed by atoms with van der Waals surface area (Å²) < 4.78 is 3.89. The largest absolute Gasteiger partial charge is 0.351 e. The summed E-state index contributed by atoms with van der Waals surface area (Å²) in [6.07, 6.45) is 5.19. The van der Waals surface area contributed by atoms with Crippen molar-refractivity contribution < 1.29 is 4.79 Å². The van der Waals surface area contributed by atoms with E-state index >= 15 is 0 Å². The summed E-state index contributed by atoms with van der Waals surface area (Å²) in [5, 5.41) is 6.98. The molecule has 2 heterocycles. The van der Waals surface area contributed by atoms with E-state index in [1.165, 1.54) is 0 Å². The van der Waals surface area contributed by atoms with Crippen LogP contribution in [-0.4, -0.2) is 32.0 Å². The third-order valence-electron chi connectivity index (χ3n) is 2.84. The first kappa shape index (κ1) is 14.6. The molecule has 0 unspecified atom stereocenters. The van der Waals surface area contributed by atoms with Crippen LogP contribution in [0, 0.1) is 0 Å². The number of hydrogen-bond donors (Lipinski definition) is 2. The number of nitrogens with zero attached hydrogens (tertiary/aromatic N) is 3. The topological polar surface area (TPSA) is 83.6 Å². The second-order valence-electron chi connectivity index (χ2n) is 5.60. The average Bonchev–Trinajstić information content (AvgIpc) is 3.03. The van der Waals surface area contributed by atoms with Gasteiger partial charge in [-0.1, -0.05) is 25.3 Å². The van der Waals surface area contributed by atoms with Crippen LogP contribution in [0.15, 0.2) is 12.4 Å². The molecule has 0 fully saturated rings. The van der Waals surface area contributed by atoms with Crippen molar-refractivity contribution in [2.24, 2.45) is 0 Å². The van der Waals surface area contributed by atoms with E-state index in [-0.39, 0.29) is 11.3 Å². The highest BCUT2D eigenvalue weighted by molar-refractivity contribution is 7.08. The molecule has 0 saturated heterocycles. The van der Waals surface area contributed by atoms with Crippen LogP contribution in [0.5, 0.6) is 0 Å². The van der Waals surface area contributed by atoms with E-state index in [0.29, 0.717) is 11.4 Å². The molecule has 0 spiro atoms. The van der Waals surface area contributed by atoms with Gasteiger partial charge in [0.05, 0.1) is 5.69 Å². The number of H-pyrrole nitrogens is 1. The van der Waals surface area contributed by atoms with Crippen LogP contribution in [0.25, 0.3) is 0 Å². The van der Waals surface area contributed by atoms with Crippen LogP contribution in [-0.2, 0) is 11.8 Å². The van der Waals surface area contributed by atoms with Crippen molar-refractivity contribution in [3.05, 3.63) is 28.8 Å². The molecule has 7 heteroatoms. The molecule has 2 N–H and O–H groups in total. The summed E-state index contributed by atoms with van der Waals surface area (Å²) in [4.78, 5) is 19.9. The van der Waals surface area contributed by atoms with Crippen molar-refractivity contribution in [3.8, 4) is 0 Å². The zero-order valence-electron chi connectivity index (χ0n) is 11.9. The normalized spacial score (nSPS) is 11.6. The number of imidazole rings is 1. The van der Waals surface area contributed by atoms with Gasteiger partial charge in [-0.05, 0) is 18.0 Å². The Morgan fingerprint density at radius 3 is 2.90 bits per heavy atom. The number of aromatic nitrogens is 4. The van der Waals surface area contributed by atoms with Crippen LogP contribution in [0.3, 0.4) is 0 Å². The van der Waals surface area contributed by atoms with Crippen molar-refractivity contribution in [2.45, 2.75) is 39.0 Å². The van der Waals surface area contributed by atoms with Gasteiger partial charge in [0, 0.05) is 30.8 Å². The molecule has 0 aliphatic rings. The molecule has 0 aromatic carbocycles. The van der Waals surface area contributed by atoms with Crippen molar-refractivity contribution in [3.63, 3.8) is 0 Å². The molecule has 0 bridgehead atoms. The summed E-state index contributed by atoms with van der Waals surface area (Å²) in [5.74, 6) is 0.846. The van der Waals surface area contributed by atoms with Gasteiger partial charge in [0.15, 0.2) is 0 Å². The number of amides is 1. The van der Waals surface area contributed by atoms with Gasteiger partial charge >= 0.3 is 0 Å². The maximum Gasteiger partial charge on any atom is 0.264 e. The Bertz CT molecular complexity index is 556. The Balaban J connectivity index is 1.85. The molecule has 2 aromatic rings. The van der Waals surface area contributed by atoms with E-state index in [0.717, 1.165) is 35.9 Å². The molecule has 0 saturated carbocycles. The summed E-state index contributed by atoms with van der Waals surface area (Å²) in [6, 6.07) is 0. The second kappa shape index (κ2) is 6.13. The van der Waals surface area contributed by atoms with E-state index in [9.17, 15) is 4.79 Å². The summed E-state index contributed by atoms with van der Waals surface area (Å²) in [5.41, 5.74) is 0.583. The number of rotatable bonds is 5. The molecule has 2 rings (SSSR count). The summed E-state index contributed by atoms with van der Waals surface area (Å²) in [7, 11) is 0. The lowest BCUT2D eigenvalue weighted by atomic mass is 9.91. The van der Waals surface area contributed by atoms with Gasteiger partial charge < -0.3 is 10.3 Å². The highest BCUT2D eigenvalue weighted by Crippen LogP contribution is 2.25. The fourth-order valence-corrected chi connectivity index (χ4v) is 2.60. The van der Waals surface area contributed by atoms with E-state index in [4.69, 9.17) is 0 Å². The van der Waals surface area contributed by atoms with Gasteiger partial charge in [0.1, 0.15) is 10.7 Å². The van der Waals surface area contributed by atoms with Crippen LogP contribution >= 0.6 is 11.5 Å². The first-order chi connectivity index (χ1) is 9.48. The first-order valence-corrected chi connectivity index (χ1v) is 7.35. The predicted octanol–water partition coefficient (Wildman–Crippen LogP) is 1.92. The van der Waals surface area contributed by atoms with Crippen LogP contribution in [0.2, 0.25) is 0 Å². The molecule has 0 aliphatic carbocycles. The first-order valence-electron chi connectivity index (χ1n) is 6.58. The third-order valence-corrected chi connectivity index (χ3v) is 3.56. The summed E-state index contributed by atoms with van der Waals surface area (Å²) >= 11 is 1.15. The molecule has 1 amide bonds. The molecule has 0 radical (unpaired) electrons. The number of carbonyl (C=O) groups excluding carboxylic acids is 1. The molecule has 6 nitrogen and oxygen atoms in total. The minimum absolute atomic E-state index is 0.0932. The molecule has 0 atom stereocenters. The Kier molecular flexibility index (Phi) is 4.49. The lowest BCUT2D eigenvalue weighted by Crippen LogP contribution is -2.27. The van der Waals surface area contributed by atoms with Crippen molar-refractivity contribution in [1.29, 1.82) is 0 Å². The summed E-state index contributed by atoms with van der Waals surface area (Å²) in [6.45, 7) is 6.69. The molecule has 20 heavy (non-hydrogen) atoms. The average molecular weight is 293 g/mol. The SMILES string of the molecule is CC(C)(C)c1nnsc1C(=O)NCCCc1ncc[nH]1. The van der Waals surface area contributed by atoms with Gasteiger partial charge in [0.2, 0.25) is 0 Å². The highest BCUT2D eigenvalue weighted by Gasteiger charge is 2.25. The van der Waals surface area contributed by atoms with Gasteiger partial charge in [-0.2, -0.15) is 0 Å².